The highest BCUT2D eigenvalue weighted by Crippen LogP contribution is 2.24. The molecular weight excluding hydrogens is 384 g/mol. The Bertz CT molecular complexity index is 1090. The molecule has 0 atom stereocenters. The normalized spacial score (nSPS) is 13.5. The van der Waals surface area contributed by atoms with Crippen molar-refractivity contribution < 1.29 is 9.72 Å². The number of pyridine rings is 1. The number of hydrogen-bond donors (Lipinski definition) is 2. The minimum Gasteiger partial charge on any atom is -0.383 e. The molecule has 0 bridgehead atoms. The average Bonchev–Trinajstić information content (AvgIpc) is 2.92. The highest BCUT2D eigenvalue weighted by molar-refractivity contribution is 6.04. The molecule has 9 nitrogen and oxygen atoms in total. The number of hydrogen-bond acceptors (Lipinski definition) is 6. The van der Waals surface area contributed by atoms with Crippen molar-refractivity contribution in [3.63, 3.8) is 0 Å². The molecule has 4 rings (SSSR count). The maximum Gasteiger partial charge on any atom is 0.269 e. The van der Waals surface area contributed by atoms with Crippen LogP contribution in [0.15, 0.2) is 30.3 Å². The van der Waals surface area contributed by atoms with Crippen molar-refractivity contribution in [2.45, 2.75) is 39.2 Å². The van der Waals surface area contributed by atoms with Crippen molar-refractivity contribution in [2.75, 3.05) is 18.4 Å². The fraction of sp³-hybridized carbons (Fsp3) is 0.381. The van der Waals surface area contributed by atoms with Gasteiger partial charge in [0.2, 0.25) is 0 Å². The lowest BCUT2D eigenvalue weighted by molar-refractivity contribution is -0.384. The highest BCUT2D eigenvalue weighted by atomic mass is 16.6. The molecule has 0 fully saturated rings. The van der Waals surface area contributed by atoms with Gasteiger partial charge in [-0.3, -0.25) is 14.9 Å². The number of benzene rings is 1. The number of amides is 1. The van der Waals surface area contributed by atoms with E-state index in [4.69, 9.17) is 4.98 Å². The summed E-state index contributed by atoms with van der Waals surface area (Å²) in [6.45, 7) is 3.69. The molecule has 0 saturated carbocycles. The quantitative estimate of drug-likeness (QED) is 0.368. The van der Waals surface area contributed by atoms with Gasteiger partial charge in [-0.05, 0) is 38.0 Å². The van der Waals surface area contributed by atoms with E-state index in [1.54, 1.807) is 18.2 Å². The summed E-state index contributed by atoms with van der Waals surface area (Å²) in [6.07, 6.45) is 4.31. The standard InChI is InChI=1S/C21H24N6O3/c1-14-13-17(19-20(24-14)26-12-4-2-3-5-18(26)25-19)21(28)23-11-10-22-15-6-8-16(9-7-15)27(29)30/h6-9,13,22H,2-5,10-12H2,1H3,(H,23,28). The molecule has 1 aliphatic rings. The third-order valence-corrected chi connectivity index (χ3v) is 5.26. The fourth-order valence-corrected chi connectivity index (χ4v) is 3.77. The maximum absolute atomic E-state index is 12.8. The molecule has 3 aromatic rings. The Morgan fingerprint density at radius 3 is 2.73 bits per heavy atom. The van der Waals surface area contributed by atoms with Crippen LogP contribution in [0.5, 0.6) is 0 Å². The van der Waals surface area contributed by atoms with Crippen LogP contribution >= 0.6 is 0 Å². The Morgan fingerprint density at radius 1 is 1.17 bits per heavy atom. The minimum absolute atomic E-state index is 0.0457. The Kier molecular flexibility index (Phi) is 5.60. The number of aromatic nitrogens is 3. The Morgan fingerprint density at radius 2 is 1.97 bits per heavy atom. The van der Waals surface area contributed by atoms with E-state index < -0.39 is 4.92 Å². The van der Waals surface area contributed by atoms with Gasteiger partial charge in [0.1, 0.15) is 11.3 Å². The summed E-state index contributed by atoms with van der Waals surface area (Å²) in [4.78, 5) is 32.5. The van der Waals surface area contributed by atoms with Gasteiger partial charge < -0.3 is 15.2 Å². The number of nitrogens with one attached hydrogen (secondary N) is 2. The summed E-state index contributed by atoms with van der Waals surface area (Å²) >= 11 is 0. The second-order valence-corrected chi connectivity index (χ2v) is 7.46. The summed E-state index contributed by atoms with van der Waals surface area (Å²) in [5, 5.41) is 16.8. The maximum atomic E-state index is 12.8. The van der Waals surface area contributed by atoms with Gasteiger partial charge in [0.25, 0.3) is 11.6 Å². The van der Waals surface area contributed by atoms with E-state index in [-0.39, 0.29) is 11.6 Å². The molecule has 1 amide bonds. The SMILES string of the molecule is Cc1cc(C(=O)NCCNc2ccc([N+](=O)[O-])cc2)c2nc3n(c2n1)CCCCC3. The highest BCUT2D eigenvalue weighted by Gasteiger charge is 2.20. The lowest BCUT2D eigenvalue weighted by Gasteiger charge is -2.09. The molecular formula is C21H24N6O3. The van der Waals surface area contributed by atoms with Crippen molar-refractivity contribution in [1.29, 1.82) is 0 Å². The zero-order valence-corrected chi connectivity index (χ0v) is 16.9. The number of non-ortho nitro benzene ring substituents is 1. The van der Waals surface area contributed by atoms with E-state index in [9.17, 15) is 14.9 Å². The van der Waals surface area contributed by atoms with E-state index in [0.717, 1.165) is 48.7 Å². The van der Waals surface area contributed by atoms with Crippen molar-refractivity contribution >= 4 is 28.4 Å². The van der Waals surface area contributed by atoms with Gasteiger partial charge in [-0.2, -0.15) is 0 Å². The number of imidazole rings is 1. The summed E-state index contributed by atoms with van der Waals surface area (Å²) in [7, 11) is 0. The number of fused-ring (bicyclic) bond motifs is 3. The molecule has 0 radical (unpaired) electrons. The van der Waals surface area contributed by atoms with Gasteiger partial charge in [0, 0.05) is 49.6 Å². The Balaban J connectivity index is 1.42. The zero-order chi connectivity index (χ0) is 21.1. The minimum atomic E-state index is -0.434. The first-order valence-electron chi connectivity index (χ1n) is 10.2. The predicted octanol–water partition coefficient (Wildman–Crippen LogP) is 3.22. The number of anilines is 1. The zero-order valence-electron chi connectivity index (χ0n) is 16.9. The second kappa shape index (κ2) is 8.48. The van der Waals surface area contributed by atoms with Crippen molar-refractivity contribution in [1.82, 2.24) is 19.9 Å². The predicted molar refractivity (Wildman–Crippen MR) is 114 cm³/mol. The molecule has 9 heteroatoms. The summed E-state index contributed by atoms with van der Waals surface area (Å²) in [5.74, 6) is 0.832. The van der Waals surface area contributed by atoms with Crippen molar-refractivity contribution in [2.24, 2.45) is 0 Å². The van der Waals surface area contributed by atoms with E-state index in [0.29, 0.717) is 24.2 Å². The second-order valence-electron chi connectivity index (χ2n) is 7.46. The monoisotopic (exact) mass is 408 g/mol. The first-order valence-corrected chi connectivity index (χ1v) is 10.2. The average molecular weight is 408 g/mol. The molecule has 2 N–H and O–H groups in total. The number of carbonyl (C=O) groups is 1. The van der Waals surface area contributed by atoms with E-state index >= 15 is 0 Å². The van der Waals surface area contributed by atoms with Gasteiger partial charge in [0.15, 0.2) is 5.65 Å². The number of aryl methyl sites for hydroxylation is 3. The Hall–Kier alpha value is -3.49. The van der Waals surface area contributed by atoms with Crippen LogP contribution in [0.25, 0.3) is 11.2 Å². The third-order valence-electron chi connectivity index (χ3n) is 5.26. The first-order chi connectivity index (χ1) is 14.5. The summed E-state index contributed by atoms with van der Waals surface area (Å²) in [5.41, 5.74) is 3.61. The third kappa shape index (κ3) is 4.10. The van der Waals surface area contributed by atoms with E-state index in [1.807, 2.05) is 6.92 Å². The molecule has 30 heavy (non-hydrogen) atoms. The van der Waals surface area contributed by atoms with E-state index in [1.165, 1.54) is 18.6 Å². The van der Waals surface area contributed by atoms with Crippen LogP contribution in [0, 0.1) is 17.0 Å². The number of rotatable bonds is 6. The number of nitro benzene ring substituents is 1. The molecule has 1 aliphatic heterocycles. The Labute approximate surface area is 173 Å². The fourth-order valence-electron chi connectivity index (χ4n) is 3.77. The molecule has 0 unspecified atom stereocenters. The van der Waals surface area contributed by atoms with Gasteiger partial charge in [-0.15, -0.1) is 0 Å². The molecule has 0 spiro atoms. The van der Waals surface area contributed by atoms with Crippen molar-refractivity contribution in [3.05, 3.63) is 57.5 Å². The van der Waals surface area contributed by atoms with Gasteiger partial charge >= 0.3 is 0 Å². The van der Waals surface area contributed by atoms with Crippen molar-refractivity contribution in [3.8, 4) is 0 Å². The van der Waals surface area contributed by atoms with Crippen LogP contribution in [0.2, 0.25) is 0 Å². The largest absolute Gasteiger partial charge is 0.383 e. The van der Waals surface area contributed by atoms with Crippen LogP contribution in [-0.2, 0) is 13.0 Å². The molecule has 2 aromatic heterocycles. The van der Waals surface area contributed by atoms with Crippen LogP contribution < -0.4 is 10.6 Å². The van der Waals surface area contributed by atoms with Gasteiger partial charge in [-0.1, -0.05) is 6.42 Å². The lowest BCUT2D eigenvalue weighted by Crippen LogP contribution is -2.29. The van der Waals surface area contributed by atoms with E-state index in [2.05, 4.69) is 20.2 Å². The van der Waals surface area contributed by atoms with Crippen LogP contribution in [0.3, 0.4) is 0 Å². The topological polar surface area (TPSA) is 115 Å². The number of carbonyl (C=O) groups excluding carboxylic acids is 1. The summed E-state index contributed by atoms with van der Waals surface area (Å²) < 4.78 is 2.16. The molecule has 0 aliphatic carbocycles. The number of nitrogens with zero attached hydrogens (tertiary/aromatic N) is 4. The van der Waals surface area contributed by atoms with Crippen LogP contribution in [0.1, 0.15) is 41.1 Å². The molecule has 1 aromatic carbocycles. The number of nitro groups is 1. The van der Waals surface area contributed by atoms with Gasteiger partial charge in [-0.25, -0.2) is 9.97 Å². The van der Waals surface area contributed by atoms with Gasteiger partial charge in [0.05, 0.1) is 10.5 Å². The van der Waals surface area contributed by atoms with Crippen LogP contribution in [-0.4, -0.2) is 38.5 Å². The molecule has 0 saturated heterocycles. The smallest absolute Gasteiger partial charge is 0.269 e. The van der Waals surface area contributed by atoms with Crippen LogP contribution in [0.4, 0.5) is 11.4 Å². The first kappa shape index (κ1) is 19.8. The lowest BCUT2D eigenvalue weighted by atomic mass is 10.2. The molecule has 156 valence electrons. The summed E-state index contributed by atoms with van der Waals surface area (Å²) in [6, 6.07) is 7.97. The molecule has 3 heterocycles.